The first-order valence-corrected chi connectivity index (χ1v) is 24.2. The monoisotopic (exact) mass is 950 g/mol. The number of hydrogen-bond acceptors (Lipinski definition) is 10. The van der Waals surface area contributed by atoms with E-state index in [0.29, 0.717) is 16.6 Å². The minimum atomic E-state index is -4.11. The summed E-state index contributed by atoms with van der Waals surface area (Å²) in [5, 5.41) is 20.3. The Bertz CT molecular complexity index is 3210. The summed E-state index contributed by atoms with van der Waals surface area (Å²) in [6.45, 7) is 1.84. The molecule has 19 heteroatoms. The Morgan fingerprint density at radius 2 is 1.15 bits per heavy atom. The second-order valence-corrected chi connectivity index (χ2v) is 20.5. The summed E-state index contributed by atoms with van der Waals surface area (Å²) in [4.78, 5) is 52.0. The smallest absolute Gasteiger partial charge is 0.307 e. The van der Waals surface area contributed by atoms with Crippen molar-refractivity contribution in [3.8, 4) is 22.8 Å². The molecule has 0 saturated heterocycles. The molecule has 1 aromatic carbocycles. The first-order chi connectivity index (χ1) is 32.6. The summed E-state index contributed by atoms with van der Waals surface area (Å²) in [5.74, 6) is -4.45. The molecule has 0 spiro atoms. The van der Waals surface area contributed by atoms with Crippen LogP contribution in [-0.4, -0.2) is 69.4 Å². The molecule has 0 amide bonds. The number of carbonyl (C=O) groups is 2. The number of pyridine rings is 2. The van der Waals surface area contributed by atoms with E-state index < -0.39 is 57.1 Å². The topological polar surface area (TPSA) is 207 Å². The van der Waals surface area contributed by atoms with Crippen molar-refractivity contribution in [3.63, 3.8) is 0 Å². The normalized spacial score (nSPS) is 24.2. The van der Waals surface area contributed by atoms with Gasteiger partial charge < -0.3 is 15.2 Å². The van der Waals surface area contributed by atoms with Gasteiger partial charge in [-0.15, -0.1) is 0 Å². The molecule has 68 heavy (non-hydrogen) atoms. The number of carboxylic acids is 2. The summed E-state index contributed by atoms with van der Waals surface area (Å²) < 4.78 is 85.5. The highest BCUT2D eigenvalue weighted by atomic mass is 32.2. The van der Waals surface area contributed by atoms with Gasteiger partial charge in [0.25, 0.3) is 10.0 Å². The molecule has 6 fully saturated rings. The number of halogens is 4. The van der Waals surface area contributed by atoms with Crippen molar-refractivity contribution in [1.82, 2.24) is 38.9 Å². The molecule has 14 nitrogen and oxygen atoms in total. The minimum absolute atomic E-state index is 0.00880. The molecule has 352 valence electrons. The summed E-state index contributed by atoms with van der Waals surface area (Å²) in [6, 6.07) is 8.77. The Morgan fingerprint density at radius 3 is 1.68 bits per heavy atom. The van der Waals surface area contributed by atoms with Gasteiger partial charge in [-0.05, 0) is 131 Å². The molecule has 4 atom stereocenters. The Balaban J connectivity index is 0.000000165. The number of nitrogens with one attached hydrogen (secondary N) is 1. The van der Waals surface area contributed by atoms with E-state index in [1.54, 1.807) is 18.3 Å². The maximum atomic E-state index is 15.0. The Morgan fingerprint density at radius 1 is 0.662 bits per heavy atom. The van der Waals surface area contributed by atoms with Crippen molar-refractivity contribution in [1.29, 1.82) is 0 Å². The highest BCUT2D eigenvalue weighted by molar-refractivity contribution is 7.90. The third kappa shape index (κ3) is 8.27. The molecule has 7 aromatic rings. The van der Waals surface area contributed by atoms with Gasteiger partial charge in [-0.1, -0.05) is 17.7 Å². The van der Waals surface area contributed by atoms with Crippen LogP contribution in [0.1, 0.15) is 68.3 Å². The van der Waals surface area contributed by atoms with E-state index in [4.69, 9.17) is 0 Å². The molecule has 4 bridgehead atoms. The number of hydrogen-bond donors (Lipinski definition) is 3. The molecule has 6 saturated carbocycles. The number of aryl methyl sites for hydroxylation is 1. The quantitative estimate of drug-likeness (QED) is 0.110. The standard InChI is InChI=1S/C28H26F2N4O4S.C21H20F2N4O2/c1-15-2-8-19(9-3-15)39(37,38)34-14-22(21-10-18(29)12-32-27(21)34)26-31-13-23(30)24(33-26)11-20-16-4-6-17(7-5-16)25(20)28(35)36;22-12-5-14-15(8-25-19(14)24-7-12)20-26-9-16(23)17(27-20)6-13-10-1-3-11(4-2-10)18(13)21(28)29/h2-3,8-10,12-14,16-17,20,25H,4-7,11H2,1H3,(H,35,36);5,7-11,13,18H,1-4,6H2,(H,24,25)(H,28,29)/t16?,17?,20-,25-;10?,11?,13-,18-/m00/s1. The van der Waals surface area contributed by atoms with Crippen molar-refractivity contribution < 1.29 is 45.8 Å². The van der Waals surface area contributed by atoms with Crippen LogP contribution < -0.4 is 0 Å². The fourth-order valence-electron chi connectivity index (χ4n) is 11.7. The molecule has 0 unspecified atom stereocenters. The average Bonchev–Trinajstić information content (AvgIpc) is 3.93. The van der Waals surface area contributed by atoms with Crippen LogP contribution in [0.2, 0.25) is 0 Å². The molecular weight excluding hydrogens is 905 g/mol. The van der Waals surface area contributed by atoms with Gasteiger partial charge in [0.15, 0.2) is 28.9 Å². The van der Waals surface area contributed by atoms with E-state index in [2.05, 4.69) is 34.9 Å². The van der Waals surface area contributed by atoms with Gasteiger partial charge in [0.05, 0.1) is 52.9 Å². The van der Waals surface area contributed by atoms with Crippen LogP contribution in [0.5, 0.6) is 0 Å². The first-order valence-electron chi connectivity index (χ1n) is 22.7. The Kier molecular flexibility index (Phi) is 11.8. The Hall–Kier alpha value is -6.63. The van der Waals surface area contributed by atoms with Crippen molar-refractivity contribution in [2.45, 2.75) is 76.0 Å². The van der Waals surface area contributed by atoms with Crippen LogP contribution in [0.25, 0.3) is 44.8 Å². The molecule has 6 aromatic heterocycles. The van der Waals surface area contributed by atoms with Gasteiger partial charge in [0.1, 0.15) is 17.3 Å². The maximum absolute atomic E-state index is 15.0. The number of aromatic nitrogens is 8. The van der Waals surface area contributed by atoms with Gasteiger partial charge in [0, 0.05) is 34.3 Å². The van der Waals surface area contributed by atoms with Gasteiger partial charge in [-0.25, -0.2) is 59.9 Å². The van der Waals surface area contributed by atoms with Gasteiger partial charge >= 0.3 is 11.9 Å². The van der Waals surface area contributed by atoms with Crippen molar-refractivity contribution in [2.24, 2.45) is 47.3 Å². The molecular formula is C49H46F4N8O6S. The largest absolute Gasteiger partial charge is 0.481 e. The third-order valence-corrected chi connectivity index (χ3v) is 16.6. The Labute approximate surface area is 387 Å². The molecule has 0 aliphatic heterocycles. The van der Waals surface area contributed by atoms with Crippen molar-refractivity contribution in [3.05, 3.63) is 114 Å². The predicted octanol–water partition coefficient (Wildman–Crippen LogP) is 8.97. The van der Waals surface area contributed by atoms with E-state index in [1.807, 2.05) is 6.92 Å². The summed E-state index contributed by atoms with van der Waals surface area (Å²) in [6.07, 6.45) is 14.8. The second kappa shape index (κ2) is 17.8. The molecule has 0 radical (unpaired) electrons. The van der Waals surface area contributed by atoms with E-state index in [-0.39, 0.29) is 92.9 Å². The average molecular weight is 951 g/mol. The van der Waals surface area contributed by atoms with Crippen LogP contribution in [0.15, 0.2) is 78.5 Å². The van der Waals surface area contributed by atoms with Crippen LogP contribution in [0, 0.1) is 77.5 Å². The number of rotatable bonds is 10. The lowest BCUT2D eigenvalue weighted by atomic mass is 9.57. The number of nitrogens with zero attached hydrogens (tertiary/aromatic N) is 7. The zero-order chi connectivity index (χ0) is 47.6. The van der Waals surface area contributed by atoms with E-state index >= 15 is 0 Å². The molecule has 13 rings (SSSR count). The molecule has 3 N–H and O–H groups in total. The first kappa shape index (κ1) is 45.2. The van der Waals surface area contributed by atoms with Gasteiger partial charge in [-0.3, -0.25) is 9.59 Å². The summed E-state index contributed by atoms with van der Waals surface area (Å²) in [7, 11) is -4.11. The lowest BCUT2D eigenvalue weighted by Gasteiger charge is -2.46. The lowest BCUT2D eigenvalue weighted by molar-refractivity contribution is -0.153. The zero-order valence-electron chi connectivity index (χ0n) is 36.7. The molecule has 6 aliphatic rings. The van der Waals surface area contributed by atoms with Crippen molar-refractivity contribution in [2.75, 3.05) is 0 Å². The number of aromatic amines is 1. The number of fused-ring (bicyclic) bond motifs is 8. The zero-order valence-corrected chi connectivity index (χ0v) is 37.5. The highest BCUT2D eigenvalue weighted by Crippen LogP contribution is 2.51. The van der Waals surface area contributed by atoms with Crippen molar-refractivity contribution >= 4 is 44.0 Å². The van der Waals surface area contributed by atoms with E-state index in [1.165, 1.54) is 24.4 Å². The van der Waals surface area contributed by atoms with Crippen LogP contribution in [-0.2, 0) is 32.5 Å². The van der Waals surface area contributed by atoms with Gasteiger partial charge in [-0.2, -0.15) is 0 Å². The number of H-pyrrole nitrogens is 1. The number of benzene rings is 1. The maximum Gasteiger partial charge on any atom is 0.307 e. The lowest BCUT2D eigenvalue weighted by Crippen LogP contribution is -2.45. The SMILES string of the molecule is Cc1ccc(S(=O)(=O)n2cc(-c3ncc(F)c(C[C@H]4C5CCC(CC5)[C@@H]4C(=O)O)n3)c3cc(F)cnc32)cc1.O=C(O)[C@H]1C2CCC(CC2)[C@@H]1Cc1nc(-c2c[nH]c3ncc(F)cc23)ncc1F. The third-order valence-electron chi connectivity index (χ3n) is 15.0. The highest BCUT2D eigenvalue weighted by Gasteiger charge is 2.48. The van der Waals surface area contributed by atoms with Crippen LogP contribution >= 0.6 is 0 Å². The second-order valence-electron chi connectivity index (χ2n) is 18.7. The predicted molar refractivity (Wildman–Crippen MR) is 239 cm³/mol. The molecule has 6 heterocycles. The number of carboxylic acid groups (broad SMARTS) is 2. The molecule has 6 aliphatic carbocycles. The minimum Gasteiger partial charge on any atom is -0.481 e. The fourth-order valence-corrected chi connectivity index (χ4v) is 13.0. The van der Waals surface area contributed by atoms with Crippen LogP contribution in [0.3, 0.4) is 0 Å². The summed E-state index contributed by atoms with van der Waals surface area (Å²) in [5.41, 5.74) is 2.36. The van der Waals surface area contributed by atoms with E-state index in [9.17, 15) is 45.8 Å². The fraction of sp³-hybridized carbons (Fsp3) is 0.388. The van der Waals surface area contributed by atoms with Crippen LogP contribution in [0.4, 0.5) is 17.6 Å². The van der Waals surface area contributed by atoms with E-state index in [0.717, 1.165) is 91.8 Å². The van der Waals surface area contributed by atoms with Gasteiger partial charge in [0.2, 0.25) is 0 Å². The summed E-state index contributed by atoms with van der Waals surface area (Å²) >= 11 is 0. The number of aliphatic carboxylic acids is 2.